The number of aliphatic hydroxyl groups excluding tert-OH is 1. The van der Waals surface area contributed by atoms with Crippen LogP contribution < -0.4 is 5.32 Å². The Kier molecular flexibility index (Phi) is 7.28. The third-order valence-electron chi connectivity index (χ3n) is 5.95. The Morgan fingerprint density at radius 3 is 2.48 bits per heavy atom. The van der Waals surface area contributed by atoms with Crippen molar-refractivity contribution in [3.05, 3.63) is 78.1 Å². The highest BCUT2D eigenvalue weighted by Crippen LogP contribution is 2.25. The number of aliphatic hydroxyl groups is 1. The fraction of sp³-hybridized carbons (Fsp3) is 0.385. The van der Waals surface area contributed by atoms with Crippen molar-refractivity contribution in [1.82, 2.24) is 14.9 Å². The molecule has 1 aromatic heterocycles. The van der Waals surface area contributed by atoms with Crippen LogP contribution in [0.5, 0.6) is 0 Å². The second kappa shape index (κ2) is 10.5. The Balaban J connectivity index is 1.44. The van der Waals surface area contributed by atoms with E-state index < -0.39 is 0 Å². The lowest BCUT2D eigenvalue weighted by atomic mass is 10.0. The highest BCUT2D eigenvalue weighted by Gasteiger charge is 2.17. The number of nitrogens with zero attached hydrogens (tertiary/aromatic N) is 3. The molecule has 0 bridgehead atoms. The first-order valence-electron chi connectivity index (χ1n) is 11.3. The molecule has 2 N–H and O–H groups in total. The largest absolute Gasteiger partial charge is 0.393 e. The van der Waals surface area contributed by atoms with Crippen LogP contribution in [0.1, 0.15) is 49.8 Å². The van der Waals surface area contributed by atoms with E-state index in [-0.39, 0.29) is 12.1 Å². The number of rotatable bonds is 8. The molecule has 3 aromatic rings. The van der Waals surface area contributed by atoms with Gasteiger partial charge in [0, 0.05) is 25.2 Å². The summed E-state index contributed by atoms with van der Waals surface area (Å²) >= 11 is 0. The molecule has 5 nitrogen and oxygen atoms in total. The first-order valence-corrected chi connectivity index (χ1v) is 11.3. The van der Waals surface area contributed by atoms with E-state index in [1.54, 1.807) is 6.20 Å². The highest BCUT2D eigenvalue weighted by molar-refractivity contribution is 5.60. The number of hydrogen-bond acceptors (Lipinski definition) is 5. The van der Waals surface area contributed by atoms with Crippen molar-refractivity contribution in [3.8, 4) is 11.3 Å². The summed E-state index contributed by atoms with van der Waals surface area (Å²) in [5, 5.41) is 13.3. The molecule has 1 aliphatic rings. The second-order valence-corrected chi connectivity index (χ2v) is 8.39. The minimum Gasteiger partial charge on any atom is -0.393 e. The molecule has 2 heterocycles. The van der Waals surface area contributed by atoms with E-state index in [1.807, 2.05) is 12.3 Å². The van der Waals surface area contributed by atoms with Crippen molar-refractivity contribution in [2.24, 2.45) is 0 Å². The Bertz CT molecular complexity index is 937. The molecule has 1 aliphatic heterocycles. The molecule has 0 saturated carbocycles. The van der Waals surface area contributed by atoms with Gasteiger partial charge in [0.2, 0.25) is 0 Å². The molecule has 0 radical (unpaired) electrons. The molecule has 2 aromatic carbocycles. The van der Waals surface area contributed by atoms with Gasteiger partial charge in [0.15, 0.2) is 0 Å². The number of aromatic nitrogens is 2. The van der Waals surface area contributed by atoms with E-state index in [0.717, 1.165) is 62.4 Å². The lowest BCUT2D eigenvalue weighted by molar-refractivity contribution is 0.0792. The van der Waals surface area contributed by atoms with Gasteiger partial charge in [0.1, 0.15) is 5.82 Å². The summed E-state index contributed by atoms with van der Waals surface area (Å²) in [5.41, 5.74) is 4.50. The van der Waals surface area contributed by atoms with E-state index in [0.29, 0.717) is 0 Å². The van der Waals surface area contributed by atoms with E-state index in [2.05, 4.69) is 70.7 Å². The zero-order valence-corrected chi connectivity index (χ0v) is 18.2. The van der Waals surface area contributed by atoms with Crippen LogP contribution in [0.4, 0.5) is 5.82 Å². The molecule has 31 heavy (non-hydrogen) atoms. The Labute approximate surface area is 185 Å². The van der Waals surface area contributed by atoms with Crippen LogP contribution in [0.2, 0.25) is 0 Å². The first kappa shape index (κ1) is 21.5. The zero-order chi connectivity index (χ0) is 21.5. The van der Waals surface area contributed by atoms with E-state index >= 15 is 0 Å². The molecule has 0 amide bonds. The Morgan fingerprint density at radius 1 is 1.03 bits per heavy atom. The summed E-state index contributed by atoms with van der Waals surface area (Å²) < 4.78 is 0. The third kappa shape index (κ3) is 5.90. The minimum absolute atomic E-state index is 0.128. The molecular formula is C26H32N4O. The van der Waals surface area contributed by atoms with Gasteiger partial charge < -0.3 is 10.4 Å². The molecule has 1 fully saturated rings. The van der Waals surface area contributed by atoms with Gasteiger partial charge in [-0.3, -0.25) is 9.88 Å². The topological polar surface area (TPSA) is 61.3 Å². The lowest BCUT2D eigenvalue weighted by Gasteiger charge is -2.29. The molecule has 1 unspecified atom stereocenters. The number of likely N-dealkylation sites (tertiary alicyclic amines) is 1. The van der Waals surface area contributed by atoms with Crippen molar-refractivity contribution >= 4 is 5.82 Å². The smallest absolute Gasteiger partial charge is 0.145 e. The van der Waals surface area contributed by atoms with Gasteiger partial charge in [-0.2, -0.15) is 0 Å². The average molecular weight is 417 g/mol. The molecular weight excluding hydrogens is 384 g/mol. The van der Waals surface area contributed by atoms with Crippen molar-refractivity contribution in [1.29, 1.82) is 0 Å². The second-order valence-electron chi connectivity index (χ2n) is 8.39. The maximum Gasteiger partial charge on any atom is 0.145 e. The fourth-order valence-corrected chi connectivity index (χ4v) is 4.17. The van der Waals surface area contributed by atoms with Gasteiger partial charge in [-0.25, -0.2) is 4.98 Å². The molecule has 0 aliphatic carbocycles. The predicted octanol–water partition coefficient (Wildman–Crippen LogP) is 5.05. The predicted molar refractivity (Wildman–Crippen MR) is 126 cm³/mol. The van der Waals surface area contributed by atoms with Crippen LogP contribution in [0.15, 0.2) is 67.0 Å². The van der Waals surface area contributed by atoms with Crippen LogP contribution in [0.3, 0.4) is 0 Å². The molecule has 1 saturated heterocycles. The Morgan fingerprint density at radius 2 is 1.77 bits per heavy atom. The van der Waals surface area contributed by atoms with E-state index in [4.69, 9.17) is 4.98 Å². The SMILES string of the molecule is CCCC(Nc1cncc(-c2ccc(CN3CCC(O)CC3)cc2)n1)c1ccccc1. The normalized spacial score (nSPS) is 16.2. The van der Waals surface area contributed by atoms with Gasteiger partial charge >= 0.3 is 0 Å². The lowest BCUT2D eigenvalue weighted by Crippen LogP contribution is -2.35. The van der Waals surface area contributed by atoms with Crippen LogP contribution in [-0.2, 0) is 6.54 Å². The number of benzene rings is 2. The highest BCUT2D eigenvalue weighted by atomic mass is 16.3. The van der Waals surface area contributed by atoms with Gasteiger partial charge in [0.05, 0.1) is 30.2 Å². The van der Waals surface area contributed by atoms with Gasteiger partial charge in [0.25, 0.3) is 0 Å². The molecule has 1 atom stereocenters. The van der Waals surface area contributed by atoms with E-state index in [1.165, 1.54) is 11.1 Å². The van der Waals surface area contributed by atoms with Crippen LogP contribution in [-0.4, -0.2) is 39.2 Å². The summed E-state index contributed by atoms with van der Waals surface area (Å²) in [6, 6.07) is 19.3. The summed E-state index contributed by atoms with van der Waals surface area (Å²) in [5.74, 6) is 0.802. The summed E-state index contributed by atoms with van der Waals surface area (Å²) in [7, 11) is 0. The maximum absolute atomic E-state index is 9.68. The van der Waals surface area contributed by atoms with Crippen LogP contribution in [0, 0.1) is 0 Å². The van der Waals surface area contributed by atoms with Crippen LogP contribution >= 0.6 is 0 Å². The number of hydrogen-bond donors (Lipinski definition) is 2. The fourth-order valence-electron chi connectivity index (χ4n) is 4.17. The molecule has 162 valence electrons. The number of anilines is 1. The van der Waals surface area contributed by atoms with Crippen molar-refractivity contribution < 1.29 is 5.11 Å². The third-order valence-corrected chi connectivity index (χ3v) is 5.95. The Hall–Kier alpha value is -2.76. The van der Waals surface area contributed by atoms with Gasteiger partial charge in [-0.1, -0.05) is 67.9 Å². The summed E-state index contributed by atoms with van der Waals surface area (Å²) in [6.45, 7) is 5.05. The van der Waals surface area contributed by atoms with Gasteiger partial charge in [-0.05, 0) is 30.4 Å². The quantitative estimate of drug-likeness (QED) is 0.538. The maximum atomic E-state index is 9.68. The monoisotopic (exact) mass is 416 g/mol. The average Bonchev–Trinajstić information content (AvgIpc) is 2.82. The number of nitrogens with one attached hydrogen (secondary N) is 1. The summed E-state index contributed by atoms with van der Waals surface area (Å²) in [6.07, 6.45) is 7.37. The van der Waals surface area contributed by atoms with Crippen molar-refractivity contribution in [3.63, 3.8) is 0 Å². The number of piperidine rings is 1. The molecule has 5 heteroatoms. The minimum atomic E-state index is -0.128. The van der Waals surface area contributed by atoms with Gasteiger partial charge in [-0.15, -0.1) is 0 Å². The standard InChI is InChI=1S/C26H32N4O/c1-2-6-24(21-7-4-3-5-8-21)28-26-18-27-17-25(29-26)22-11-9-20(10-12-22)19-30-15-13-23(31)14-16-30/h3-5,7-12,17-18,23-24,31H,2,6,13-16,19H2,1H3,(H,28,29). The van der Waals surface area contributed by atoms with E-state index in [9.17, 15) is 5.11 Å². The van der Waals surface area contributed by atoms with Crippen LogP contribution in [0.25, 0.3) is 11.3 Å². The van der Waals surface area contributed by atoms with Crippen molar-refractivity contribution in [2.45, 2.75) is 51.3 Å². The first-order chi connectivity index (χ1) is 15.2. The summed E-state index contributed by atoms with van der Waals surface area (Å²) in [4.78, 5) is 11.7. The molecule has 4 rings (SSSR count). The molecule has 0 spiro atoms. The zero-order valence-electron chi connectivity index (χ0n) is 18.2. The van der Waals surface area contributed by atoms with Crippen molar-refractivity contribution in [2.75, 3.05) is 18.4 Å².